The zero-order valence-corrected chi connectivity index (χ0v) is 16.7. The molecule has 0 saturated heterocycles. The van der Waals surface area contributed by atoms with Crippen LogP contribution in [-0.4, -0.2) is 36.3 Å². The van der Waals surface area contributed by atoms with Crippen molar-refractivity contribution in [2.45, 2.75) is 33.2 Å². The molecule has 0 spiro atoms. The summed E-state index contributed by atoms with van der Waals surface area (Å²) in [7, 11) is 1.67. The molecule has 3 aromatic heterocycles. The molecule has 1 N–H and O–H groups in total. The Morgan fingerprint density at radius 1 is 1.37 bits per heavy atom. The van der Waals surface area contributed by atoms with Crippen LogP contribution in [0.2, 0.25) is 0 Å². The molecule has 0 aromatic carbocycles. The summed E-state index contributed by atoms with van der Waals surface area (Å²) in [6.45, 7) is 6.43. The number of nitrogens with zero attached hydrogens (tertiary/aromatic N) is 2. The van der Waals surface area contributed by atoms with Gasteiger partial charge in [0, 0.05) is 13.7 Å². The monoisotopic (exact) mass is 389 g/mol. The molecule has 8 heteroatoms. The fraction of sp³-hybridized carbons (Fsp3) is 0.421. The maximum Gasteiger partial charge on any atom is 0.348 e. The summed E-state index contributed by atoms with van der Waals surface area (Å²) >= 11 is 1.33. The van der Waals surface area contributed by atoms with Crippen molar-refractivity contribution in [1.29, 1.82) is 0 Å². The summed E-state index contributed by atoms with van der Waals surface area (Å²) in [5, 5.41) is 4.29. The second-order valence-electron chi connectivity index (χ2n) is 6.07. The molecular formula is C19H23N3O4S. The second-order valence-corrected chi connectivity index (χ2v) is 7.07. The number of ether oxygens (including phenoxy) is 2. The highest BCUT2D eigenvalue weighted by Gasteiger charge is 2.23. The van der Waals surface area contributed by atoms with E-state index in [1.165, 1.54) is 11.3 Å². The van der Waals surface area contributed by atoms with Crippen LogP contribution < -0.4 is 5.32 Å². The van der Waals surface area contributed by atoms with E-state index in [0.717, 1.165) is 21.5 Å². The Bertz CT molecular complexity index is 921. The van der Waals surface area contributed by atoms with Crippen LogP contribution in [-0.2, 0) is 9.47 Å². The number of thiophene rings is 1. The number of fused-ring (bicyclic) bond motifs is 1. The number of aromatic nitrogens is 2. The van der Waals surface area contributed by atoms with Gasteiger partial charge >= 0.3 is 5.97 Å². The molecular weight excluding hydrogens is 366 g/mol. The minimum Gasteiger partial charge on any atom is -0.467 e. The predicted octanol–water partition coefficient (Wildman–Crippen LogP) is 4.27. The first-order valence-corrected chi connectivity index (χ1v) is 9.60. The molecule has 3 heterocycles. The Labute approximate surface area is 161 Å². The fourth-order valence-corrected chi connectivity index (χ4v) is 4.04. The van der Waals surface area contributed by atoms with Gasteiger partial charge in [-0.25, -0.2) is 14.8 Å². The number of methoxy groups -OCH3 is 1. The number of esters is 1. The van der Waals surface area contributed by atoms with Crippen LogP contribution >= 0.6 is 11.3 Å². The molecule has 0 unspecified atom stereocenters. The number of furan rings is 1. The van der Waals surface area contributed by atoms with E-state index < -0.39 is 0 Å². The summed E-state index contributed by atoms with van der Waals surface area (Å²) in [6.07, 6.45) is 2.36. The third-order valence-electron chi connectivity index (χ3n) is 4.17. The van der Waals surface area contributed by atoms with Crippen molar-refractivity contribution in [2.75, 3.05) is 25.6 Å². The molecule has 0 fully saturated rings. The Hall–Kier alpha value is -2.45. The highest BCUT2D eigenvalue weighted by atomic mass is 32.1. The molecule has 0 amide bonds. The van der Waals surface area contributed by atoms with Gasteiger partial charge in [-0.3, -0.25) is 0 Å². The van der Waals surface area contributed by atoms with Gasteiger partial charge in [0.15, 0.2) is 0 Å². The van der Waals surface area contributed by atoms with E-state index in [1.54, 1.807) is 20.3 Å². The minimum atomic E-state index is -0.330. The largest absolute Gasteiger partial charge is 0.467 e. The van der Waals surface area contributed by atoms with Crippen LogP contribution in [0.3, 0.4) is 0 Å². The minimum absolute atomic E-state index is 0.109. The Kier molecular flexibility index (Phi) is 6.08. The van der Waals surface area contributed by atoms with E-state index in [2.05, 4.69) is 15.3 Å². The molecule has 3 rings (SSSR count). The molecule has 0 aliphatic heterocycles. The van der Waals surface area contributed by atoms with Crippen molar-refractivity contribution in [3.63, 3.8) is 0 Å². The fourth-order valence-electron chi connectivity index (χ4n) is 2.92. The molecule has 0 aliphatic carbocycles. The van der Waals surface area contributed by atoms with Gasteiger partial charge in [-0.1, -0.05) is 0 Å². The number of hydrogen-bond donors (Lipinski definition) is 1. The zero-order chi connectivity index (χ0) is 19.4. The first-order chi connectivity index (χ1) is 13.0. The number of carbonyl (C=O) groups excluding carboxylic acids is 1. The topological polar surface area (TPSA) is 86.5 Å². The van der Waals surface area contributed by atoms with Crippen LogP contribution in [0.5, 0.6) is 0 Å². The van der Waals surface area contributed by atoms with Crippen LogP contribution in [0.4, 0.5) is 5.82 Å². The van der Waals surface area contributed by atoms with E-state index in [-0.39, 0.29) is 12.0 Å². The van der Waals surface area contributed by atoms with Crippen LogP contribution in [0.15, 0.2) is 22.8 Å². The van der Waals surface area contributed by atoms with Gasteiger partial charge in [0.05, 0.1) is 24.3 Å². The average molecular weight is 389 g/mol. The van der Waals surface area contributed by atoms with Gasteiger partial charge in [-0.05, 0) is 44.9 Å². The lowest BCUT2D eigenvalue weighted by Crippen LogP contribution is -2.14. The standard InChI is InChI=1S/C19H23N3O4S/c1-5-25-19(23)16-11(2)15-17(20-12(3)21-18(15)27-16)22-13(8-10-24-4)14-7-6-9-26-14/h6-7,9,13H,5,8,10H2,1-4H3,(H,20,21,22)/t13-/m1/s1. The van der Waals surface area contributed by atoms with Gasteiger partial charge < -0.3 is 19.2 Å². The Morgan fingerprint density at radius 3 is 2.85 bits per heavy atom. The second kappa shape index (κ2) is 8.49. The van der Waals surface area contributed by atoms with Gasteiger partial charge in [0.25, 0.3) is 0 Å². The van der Waals surface area contributed by atoms with E-state index in [1.807, 2.05) is 26.0 Å². The summed E-state index contributed by atoms with van der Waals surface area (Å²) in [5.41, 5.74) is 0.820. The van der Waals surface area contributed by atoms with E-state index in [4.69, 9.17) is 13.9 Å². The van der Waals surface area contributed by atoms with Crippen molar-refractivity contribution in [2.24, 2.45) is 0 Å². The van der Waals surface area contributed by atoms with E-state index in [9.17, 15) is 4.79 Å². The summed E-state index contributed by atoms with van der Waals surface area (Å²) in [6, 6.07) is 3.66. The number of aryl methyl sites for hydroxylation is 2. The number of nitrogens with one attached hydrogen (secondary N) is 1. The van der Waals surface area contributed by atoms with Crippen molar-refractivity contribution >= 4 is 33.3 Å². The molecule has 0 radical (unpaired) electrons. The molecule has 7 nitrogen and oxygen atoms in total. The van der Waals surface area contributed by atoms with Crippen molar-refractivity contribution in [3.05, 3.63) is 40.4 Å². The molecule has 0 aliphatic rings. The van der Waals surface area contributed by atoms with E-state index in [0.29, 0.717) is 36.2 Å². The van der Waals surface area contributed by atoms with Crippen molar-refractivity contribution in [1.82, 2.24) is 9.97 Å². The highest BCUT2D eigenvalue weighted by molar-refractivity contribution is 7.20. The molecule has 27 heavy (non-hydrogen) atoms. The first kappa shape index (κ1) is 19.3. The molecule has 144 valence electrons. The SMILES string of the molecule is CCOC(=O)c1sc2nc(C)nc(N[C@H](CCOC)c3ccco3)c2c1C. The Morgan fingerprint density at radius 2 is 2.19 bits per heavy atom. The van der Waals surface area contributed by atoms with Gasteiger partial charge in [-0.15, -0.1) is 11.3 Å². The van der Waals surface area contributed by atoms with Crippen molar-refractivity contribution in [3.8, 4) is 0 Å². The first-order valence-electron chi connectivity index (χ1n) is 8.78. The van der Waals surface area contributed by atoms with Crippen LogP contribution in [0.1, 0.15) is 46.2 Å². The molecule has 1 atom stereocenters. The number of anilines is 1. The predicted molar refractivity (Wildman–Crippen MR) is 104 cm³/mol. The molecule has 0 bridgehead atoms. The quantitative estimate of drug-likeness (QED) is 0.576. The molecule has 0 saturated carbocycles. The van der Waals surface area contributed by atoms with Gasteiger partial charge in [-0.2, -0.15) is 0 Å². The summed E-state index contributed by atoms with van der Waals surface area (Å²) in [5.74, 6) is 1.78. The lowest BCUT2D eigenvalue weighted by Gasteiger charge is -2.18. The lowest BCUT2D eigenvalue weighted by molar-refractivity contribution is 0.0531. The number of rotatable bonds is 8. The number of carbonyl (C=O) groups is 1. The van der Waals surface area contributed by atoms with Crippen LogP contribution in [0, 0.1) is 13.8 Å². The summed E-state index contributed by atoms with van der Waals surface area (Å²) in [4.78, 5) is 22.7. The lowest BCUT2D eigenvalue weighted by atomic mass is 10.1. The zero-order valence-electron chi connectivity index (χ0n) is 15.9. The smallest absolute Gasteiger partial charge is 0.348 e. The van der Waals surface area contributed by atoms with E-state index >= 15 is 0 Å². The normalized spacial score (nSPS) is 12.3. The Balaban J connectivity index is 2.03. The highest BCUT2D eigenvalue weighted by Crippen LogP contribution is 2.36. The maximum atomic E-state index is 12.3. The molecule has 3 aromatic rings. The number of hydrogen-bond acceptors (Lipinski definition) is 8. The van der Waals surface area contributed by atoms with Gasteiger partial charge in [0.1, 0.15) is 27.1 Å². The van der Waals surface area contributed by atoms with Gasteiger partial charge in [0.2, 0.25) is 0 Å². The van der Waals surface area contributed by atoms with Crippen molar-refractivity contribution < 1.29 is 18.7 Å². The average Bonchev–Trinajstić information content (AvgIpc) is 3.27. The third-order valence-corrected chi connectivity index (χ3v) is 5.34. The summed E-state index contributed by atoms with van der Waals surface area (Å²) < 4.78 is 16.0. The van der Waals surface area contributed by atoms with Crippen LogP contribution in [0.25, 0.3) is 10.2 Å². The third kappa shape index (κ3) is 4.12. The maximum absolute atomic E-state index is 12.3.